The zero-order valence-electron chi connectivity index (χ0n) is 14.7. The fraction of sp³-hybridized carbons (Fsp3) is 0.400. The van der Waals surface area contributed by atoms with Crippen molar-refractivity contribution >= 4 is 33.3 Å². The van der Waals surface area contributed by atoms with Crippen molar-refractivity contribution in [2.45, 2.75) is 57.0 Å². The molecular formula is C20H22N2OS2. The number of thioether (sulfide) groups is 1. The minimum absolute atomic E-state index is 0.165. The quantitative estimate of drug-likeness (QED) is 0.470. The first-order chi connectivity index (χ1) is 12.2. The summed E-state index contributed by atoms with van der Waals surface area (Å²) in [5.41, 5.74) is 3.98. The molecule has 25 heavy (non-hydrogen) atoms. The van der Waals surface area contributed by atoms with Gasteiger partial charge in [0.15, 0.2) is 5.16 Å². The molecule has 0 bridgehead atoms. The standard InChI is InChI=1S/C20H22N2OS2/c1-3-10-22-19(23)17-15-8-5-9-16(15)25-18(17)21-20(22)24-12-14-7-4-6-13(2)11-14/h4,6-7,11H,3,5,8-10,12H2,1-2H3. The highest BCUT2D eigenvalue weighted by Gasteiger charge is 2.23. The van der Waals surface area contributed by atoms with Crippen LogP contribution >= 0.6 is 23.1 Å². The molecule has 0 fully saturated rings. The van der Waals surface area contributed by atoms with Crippen LogP contribution in [0.1, 0.15) is 41.3 Å². The predicted molar refractivity (Wildman–Crippen MR) is 107 cm³/mol. The summed E-state index contributed by atoms with van der Waals surface area (Å²) in [4.78, 5) is 20.4. The van der Waals surface area contributed by atoms with E-state index in [4.69, 9.17) is 4.98 Å². The second-order valence-corrected chi connectivity index (χ2v) is 8.69. The number of nitrogens with zero attached hydrogens (tertiary/aromatic N) is 2. The average Bonchev–Trinajstić information content (AvgIpc) is 3.16. The maximum Gasteiger partial charge on any atom is 0.263 e. The number of thiophene rings is 1. The van der Waals surface area contributed by atoms with Gasteiger partial charge in [-0.2, -0.15) is 0 Å². The van der Waals surface area contributed by atoms with Gasteiger partial charge in [0, 0.05) is 17.2 Å². The first kappa shape index (κ1) is 16.9. The first-order valence-electron chi connectivity index (χ1n) is 8.90. The van der Waals surface area contributed by atoms with Crippen molar-refractivity contribution in [3.63, 3.8) is 0 Å². The van der Waals surface area contributed by atoms with Crippen molar-refractivity contribution in [3.8, 4) is 0 Å². The Morgan fingerprint density at radius 2 is 2.20 bits per heavy atom. The summed E-state index contributed by atoms with van der Waals surface area (Å²) < 4.78 is 1.90. The third-order valence-electron chi connectivity index (χ3n) is 4.69. The van der Waals surface area contributed by atoms with Gasteiger partial charge in [-0.05, 0) is 43.7 Å². The second-order valence-electron chi connectivity index (χ2n) is 6.67. The number of rotatable bonds is 5. The van der Waals surface area contributed by atoms with Gasteiger partial charge in [0.05, 0.1) is 5.39 Å². The molecule has 3 nitrogen and oxygen atoms in total. The number of hydrogen-bond donors (Lipinski definition) is 0. The highest BCUT2D eigenvalue weighted by atomic mass is 32.2. The van der Waals surface area contributed by atoms with Crippen molar-refractivity contribution in [1.29, 1.82) is 0 Å². The molecule has 4 rings (SSSR count). The van der Waals surface area contributed by atoms with Crippen LogP contribution in [0.3, 0.4) is 0 Å². The second kappa shape index (κ2) is 6.96. The normalized spacial score (nSPS) is 13.5. The monoisotopic (exact) mass is 370 g/mol. The largest absolute Gasteiger partial charge is 0.287 e. The van der Waals surface area contributed by atoms with Crippen LogP contribution in [0.15, 0.2) is 34.2 Å². The van der Waals surface area contributed by atoms with E-state index in [1.165, 1.54) is 28.0 Å². The lowest BCUT2D eigenvalue weighted by Gasteiger charge is -2.11. The summed E-state index contributed by atoms with van der Waals surface area (Å²) in [6.07, 6.45) is 4.26. The molecular weight excluding hydrogens is 348 g/mol. The van der Waals surface area contributed by atoms with Crippen molar-refractivity contribution in [2.75, 3.05) is 0 Å². The number of benzene rings is 1. The number of hydrogen-bond acceptors (Lipinski definition) is 4. The van der Waals surface area contributed by atoms with Crippen molar-refractivity contribution in [3.05, 3.63) is 56.2 Å². The van der Waals surface area contributed by atoms with E-state index in [2.05, 4.69) is 38.1 Å². The van der Waals surface area contributed by atoms with E-state index in [-0.39, 0.29) is 5.56 Å². The predicted octanol–water partition coefficient (Wildman–Crippen LogP) is 4.96. The van der Waals surface area contributed by atoms with E-state index < -0.39 is 0 Å². The minimum Gasteiger partial charge on any atom is -0.287 e. The fourth-order valence-electron chi connectivity index (χ4n) is 3.54. The van der Waals surface area contributed by atoms with Gasteiger partial charge in [-0.3, -0.25) is 9.36 Å². The molecule has 0 radical (unpaired) electrons. The van der Waals surface area contributed by atoms with Gasteiger partial charge in [0.1, 0.15) is 4.83 Å². The van der Waals surface area contributed by atoms with Gasteiger partial charge in [0.25, 0.3) is 5.56 Å². The van der Waals surface area contributed by atoms with E-state index in [0.29, 0.717) is 0 Å². The molecule has 2 aromatic heterocycles. The Morgan fingerprint density at radius 1 is 1.32 bits per heavy atom. The lowest BCUT2D eigenvalue weighted by molar-refractivity contribution is 0.585. The summed E-state index contributed by atoms with van der Waals surface area (Å²) in [6, 6.07) is 8.54. The Labute approximate surface area is 156 Å². The average molecular weight is 371 g/mol. The van der Waals surface area contributed by atoms with Gasteiger partial charge >= 0.3 is 0 Å². The van der Waals surface area contributed by atoms with Crippen LogP contribution in [-0.2, 0) is 25.1 Å². The molecule has 0 spiro atoms. The first-order valence-corrected chi connectivity index (χ1v) is 10.7. The molecule has 0 unspecified atom stereocenters. The van der Waals surface area contributed by atoms with Crippen LogP contribution in [0.5, 0.6) is 0 Å². The Kier molecular flexibility index (Phi) is 4.69. The minimum atomic E-state index is 0.165. The summed E-state index contributed by atoms with van der Waals surface area (Å²) >= 11 is 3.40. The van der Waals surface area contributed by atoms with Crippen molar-refractivity contribution in [2.24, 2.45) is 0 Å². The highest BCUT2D eigenvalue weighted by molar-refractivity contribution is 7.98. The zero-order valence-corrected chi connectivity index (χ0v) is 16.3. The molecule has 1 aliphatic rings. The van der Waals surface area contributed by atoms with Crippen molar-refractivity contribution in [1.82, 2.24) is 9.55 Å². The molecule has 130 valence electrons. The summed E-state index contributed by atoms with van der Waals surface area (Å²) in [5, 5.41) is 1.76. The van der Waals surface area contributed by atoms with Crippen LogP contribution in [0, 0.1) is 6.92 Å². The Hall–Kier alpha value is -1.59. The molecule has 3 aromatic rings. The molecule has 0 amide bonds. The maximum atomic E-state index is 13.1. The molecule has 1 aromatic carbocycles. The smallest absolute Gasteiger partial charge is 0.263 e. The van der Waals surface area contributed by atoms with Crippen LogP contribution in [0.2, 0.25) is 0 Å². The summed E-state index contributed by atoms with van der Waals surface area (Å²) in [6.45, 7) is 4.96. The van der Waals surface area contributed by atoms with Gasteiger partial charge in [-0.25, -0.2) is 4.98 Å². The van der Waals surface area contributed by atoms with Crippen LogP contribution in [0.4, 0.5) is 0 Å². The molecule has 2 heterocycles. The lowest BCUT2D eigenvalue weighted by Crippen LogP contribution is -2.23. The lowest BCUT2D eigenvalue weighted by atomic mass is 10.2. The van der Waals surface area contributed by atoms with Gasteiger partial charge in [-0.1, -0.05) is 48.5 Å². The third kappa shape index (κ3) is 3.15. The van der Waals surface area contributed by atoms with E-state index in [1.807, 2.05) is 4.57 Å². The van der Waals surface area contributed by atoms with Gasteiger partial charge in [0.2, 0.25) is 0 Å². The molecule has 0 aliphatic heterocycles. The Morgan fingerprint density at radius 3 is 3.00 bits per heavy atom. The molecule has 0 atom stereocenters. The Balaban J connectivity index is 1.74. The van der Waals surface area contributed by atoms with Crippen molar-refractivity contribution < 1.29 is 0 Å². The molecule has 0 saturated heterocycles. The third-order valence-corrected chi connectivity index (χ3v) is 6.92. The molecule has 1 aliphatic carbocycles. The number of aryl methyl sites for hydroxylation is 3. The van der Waals surface area contributed by atoms with E-state index >= 15 is 0 Å². The van der Waals surface area contributed by atoms with Gasteiger partial charge < -0.3 is 0 Å². The fourth-order valence-corrected chi connectivity index (χ4v) is 5.81. The number of fused-ring (bicyclic) bond motifs is 3. The van der Waals surface area contributed by atoms with E-state index in [1.54, 1.807) is 23.1 Å². The van der Waals surface area contributed by atoms with Crippen LogP contribution in [0.25, 0.3) is 10.2 Å². The van der Waals surface area contributed by atoms with E-state index in [0.717, 1.165) is 46.9 Å². The summed E-state index contributed by atoms with van der Waals surface area (Å²) in [7, 11) is 0. The SMILES string of the molecule is CCCn1c(SCc2cccc(C)c2)nc2sc3c(c2c1=O)CCC3. The van der Waals surface area contributed by atoms with Crippen LogP contribution < -0.4 is 5.56 Å². The van der Waals surface area contributed by atoms with E-state index in [9.17, 15) is 4.79 Å². The Bertz CT molecular complexity index is 987. The molecule has 0 N–H and O–H groups in total. The maximum absolute atomic E-state index is 13.1. The number of aromatic nitrogens is 2. The summed E-state index contributed by atoms with van der Waals surface area (Å²) in [5.74, 6) is 0.842. The van der Waals surface area contributed by atoms with Gasteiger partial charge in [-0.15, -0.1) is 11.3 Å². The van der Waals surface area contributed by atoms with Crippen LogP contribution in [-0.4, -0.2) is 9.55 Å². The molecule has 5 heteroatoms. The molecule has 0 saturated carbocycles. The zero-order chi connectivity index (χ0) is 17.4. The highest BCUT2D eigenvalue weighted by Crippen LogP contribution is 2.36. The topological polar surface area (TPSA) is 34.9 Å².